The van der Waals surface area contributed by atoms with Crippen LogP contribution in [0.4, 0.5) is 30.4 Å². The normalized spacial score (nSPS) is 16.3. The first kappa shape index (κ1) is 19.6. The highest BCUT2D eigenvalue weighted by atomic mass is 19.4. The molecule has 1 atom stereocenters. The van der Waals surface area contributed by atoms with Crippen molar-refractivity contribution >= 4 is 39.9 Å². The molecule has 1 aliphatic carbocycles. The number of aromatic nitrogens is 3. The van der Waals surface area contributed by atoms with Gasteiger partial charge in [-0.25, -0.2) is 4.98 Å². The van der Waals surface area contributed by atoms with Crippen LogP contribution in [0.5, 0.6) is 0 Å². The molecule has 34 heavy (non-hydrogen) atoms. The molecule has 0 aliphatic heterocycles. The van der Waals surface area contributed by atoms with E-state index < -0.39 is 30.7 Å². The fraction of sp³-hybridized carbons (Fsp3) is 0.364. The Morgan fingerprint density at radius 3 is 2.65 bits per heavy atom. The highest BCUT2D eigenvalue weighted by molar-refractivity contribution is 6.08. The number of rotatable bonds is 6. The molecule has 12 heteroatoms. The molecular weight excluding hydrogens is 453 g/mol. The Kier molecular flexibility index (Phi) is 4.91. The van der Waals surface area contributed by atoms with Gasteiger partial charge in [-0.3, -0.25) is 14.4 Å². The third kappa shape index (κ3) is 4.22. The van der Waals surface area contributed by atoms with Gasteiger partial charge in [0.2, 0.25) is 5.91 Å². The molecular formula is C22H23F3N6O3. The minimum absolute atomic E-state index is 0.0194. The first-order valence-corrected chi connectivity index (χ1v) is 10.3. The second kappa shape index (κ2) is 8.50. The van der Waals surface area contributed by atoms with Crippen molar-refractivity contribution in [2.24, 2.45) is 13.0 Å². The molecule has 180 valence electrons. The first-order chi connectivity index (χ1) is 17.2. The van der Waals surface area contributed by atoms with Gasteiger partial charge in [-0.2, -0.15) is 13.2 Å². The van der Waals surface area contributed by atoms with E-state index in [2.05, 4.69) is 15.6 Å². The fourth-order valence-electron chi connectivity index (χ4n) is 3.64. The summed E-state index contributed by atoms with van der Waals surface area (Å²) in [6.07, 6.45) is 0.424. The zero-order valence-electron chi connectivity index (χ0n) is 21.2. The van der Waals surface area contributed by atoms with Crippen molar-refractivity contribution in [1.29, 1.82) is 0 Å². The number of fused-ring (bicyclic) bond motifs is 1. The number of halogens is 3. The molecule has 0 aromatic carbocycles. The maximum Gasteiger partial charge on any atom is 0.408 e. The SMILES string of the molecule is [2H]C([2H])([2H])NC(=O)c1c(Nc2cn(C)c3ccn(C(C)C(F)(F)F)c(=O)c23)ccnc1NC(=O)C1CC1. The second-order valence-corrected chi connectivity index (χ2v) is 8.08. The summed E-state index contributed by atoms with van der Waals surface area (Å²) < 4.78 is 64.2. The number of hydrogen-bond donors (Lipinski definition) is 3. The largest absolute Gasteiger partial charge is 0.408 e. The molecule has 1 saturated carbocycles. The van der Waals surface area contributed by atoms with Gasteiger partial charge in [-0.05, 0) is 31.9 Å². The number of anilines is 3. The molecule has 3 aromatic rings. The van der Waals surface area contributed by atoms with Gasteiger partial charge in [0.1, 0.15) is 17.4 Å². The second-order valence-electron chi connectivity index (χ2n) is 8.08. The van der Waals surface area contributed by atoms with Crippen LogP contribution in [0.15, 0.2) is 35.5 Å². The van der Waals surface area contributed by atoms with Gasteiger partial charge in [0.15, 0.2) is 0 Å². The van der Waals surface area contributed by atoms with Crippen LogP contribution in [0.25, 0.3) is 10.9 Å². The summed E-state index contributed by atoms with van der Waals surface area (Å²) >= 11 is 0. The van der Waals surface area contributed by atoms with E-state index in [0.29, 0.717) is 22.9 Å². The first-order valence-electron chi connectivity index (χ1n) is 11.8. The third-order valence-corrected chi connectivity index (χ3v) is 5.71. The molecule has 2 amide bonds. The molecule has 1 aliphatic rings. The molecule has 1 fully saturated rings. The van der Waals surface area contributed by atoms with Crippen LogP contribution < -0.4 is 21.5 Å². The third-order valence-electron chi connectivity index (χ3n) is 5.71. The average molecular weight is 479 g/mol. The number of aryl methyl sites for hydroxylation is 1. The van der Waals surface area contributed by atoms with Crippen molar-refractivity contribution in [3.05, 3.63) is 46.6 Å². The van der Waals surface area contributed by atoms with E-state index in [0.717, 1.165) is 13.1 Å². The van der Waals surface area contributed by atoms with Crippen LogP contribution in [-0.4, -0.2) is 39.1 Å². The number of nitrogens with one attached hydrogen (secondary N) is 3. The van der Waals surface area contributed by atoms with Gasteiger partial charge >= 0.3 is 6.18 Å². The summed E-state index contributed by atoms with van der Waals surface area (Å²) in [6.45, 7) is -2.00. The molecule has 4 rings (SSSR count). The summed E-state index contributed by atoms with van der Waals surface area (Å²) in [5.74, 6) is -1.91. The quantitative estimate of drug-likeness (QED) is 0.503. The number of carbonyl (C=O) groups excluding carboxylic acids is 2. The van der Waals surface area contributed by atoms with Crippen molar-refractivity contribution in [3.8, 4) is 0 Å². The topological polar surface area (TPSA) is 110 Å². The van der Waals surface area contributed by atoms with Gasteiger partial charge in [0.25, 0.3) is 11.5 Å². The number of hydrogen-bond acceptors (Lipinski definition) is 5. The minimum Gasteiger partial charge on any atom is -0.355 e. The van der Waals surface area contributed by atoms with E-state index in [9.17, 15) is 27.6 Å². The lowest BCUT2D eigenvalue weighted by Crippen LogP contribution is -2.32. The number of alkyl halides is 3. The van der Waals surface area contributed by atoms with E-state index in [4.69, 9.17) is 4.11 Å². The van der Waals surface area contributed by atoms with Crippen LogP contribution in [-0.2, 0) is 11.8 Å². The predicted octanol–water partition coefficient (Wildman–Crippen LogP) is 3.31. The maximum atomic E-state index is 13.3. The lowest BCUT2D eigenvalue weighted by Gasteiger charge is -2.19. The van der Waals surface area contributed by atoms with Crippen LogP contribution in [0.2, 0.25) is 0 Å². The Bertz CT molecular complexity index is 1440. The Hall–Kier alpha value is -3.83. The zero-order chi connectivity index (χ0) is 27.3. The summed E-state index contributed by atoms with van der Waals surface area (Å²) in [7, 11) is 1.58. The summed E-state index contributed by atoms with van der Waals surface area (Å²) in [5, 5.41) is 7.15. The van der Waals surface area contributed by atoms with E-state index in [-0.39, 0.29) is 40.0 Å². The van der Waals surface area contributed by atoms with Crippen molar-refractivity contribution < 1.29 is 26.9 Å². The predicted molar refractivity (Wildman–Crippen MR) is 120 cm³/mol. The number of amides is 2. The lowest BCUT2D eigenvalue weighted by molar-refractivity contribution is -0.163. The van der Waals surface area contributed by atoms with Crippen LogP contribution in [0.1, 0.15) is 40.3 Å². The zero-order valence-corrected chi connectivity index (χ0v) is 18.2. The van der Waals surface area contributed by atoms with E-state index in [1.54, 1.807) is 7.05 Å². The van der Waals surface area contributed by atoms with Crippen molar-refractivity contribution in [2.75, 3.05) is 17.6 Å². The standard InChI is InChI=1S/C22H23F3N6O3/c1-11(22(23,24)25)31-9-7-15-16(21(31)34)14(10-30(15)3)28-13-6-8-27-18(17(13)20(33)26-2)29-19(32)12-4-5-12/h6-12H,4-5H2,1-3H3,(H,26,33)(H2,27,28,29,32)/i2D3. The Morgan fingerprint density at radius 2 is 2.00 bits per heavy atom. The van der Waals surface area contributed by atoms with E-state index in [1.165, 1.54) is 29.1 Å². The Labute approximate surface area is 196 Å². The average Bonchev–Trinajstić information content (AvgIpc) is 3.57. The molecule has 0 radical (unpaired) electrons. The molecule has 3 heterocycles. The molecule has 0 bridgehead atoms. The Morgan fingerprint density at radius 1 is 1.26 bits per heavy atom. The molecule has 3 N–H and O–H groups in total. The minimum atomic E-state index is -4.67. The van der Waals surface area contributed by atoms with Crippen LogP contribution in [0.3, 0.4) is 0 Å². The monoisotopic (exact) mass is 479 g/mol. The highest BCUT2D eigenvalue weighted by Gasteiger charge is 2.38. The number of pyridine rings is 2. The van der Waals surface area contributed by atoms with Gasteiger partial charge in [0, 0.05) is 42.6 Å². The van der Waals surface area contributed by atoms with Gasteiger partial charge in [-0.15, -0.1) is 0 Å². The van der Waals surface area contributed by atoms with E-state index in [1.807, 2.05) is 5.32 Å². The summed E-state index contributed by atoms with van der Waals surface area (Å²) in [5.41, 5.74) is -0.864. The molecule has 3 aromatic heterocycles. The van der Waals surface area contributed by atoms with Gasteiger partial charge in [-0.1, -0.05) is 0 Å². The van der Waals surface area contributed by atoms with Crippen molar-refractivity contribution in [1.82, 2.24) is 19.4 Å². The number of carbonyl (C=O) groups is 2. The maximum absolute atomic E-state index is 13.3. The fourth-order valence-corrected chi connectivity index (χ4v) is 3.64. The molecule has 0 spiro atoms. The molecule has 0 saturated heterocycles. The van der Waals surface area contributed by atoms with Crippen molar-refractivity contribution in [2.45, 2.75) is 32.0 Å². The van der Waals surface area contributed by atoms with Gasteiger partial charge < -0.3 is 25.1 Å². The molecule has 1 unspecified atom stereocenters. The number of nitrogens with zero attached hydrogens (tertiary/aromatic N) is 3. The smallest absolute Gasteiger partial charge is 0.355 e. The van der Waals surface area contributed by atoms with E-state index >= 15 is 0 Å². The van der Waals surface area contributed by atoms with Crippen LogP contribution in [0, 0.1) is 5.92 Å². The highest BCUT2D eigenvalue weighted by Crippen LogP contribution is 2.34. The molecule has 9 nitrogen and oxygen atoms in total. The van der Waals surface area contributed by atoms with Crippen molar-refractivity contribution in [3.63, 3.8) is 0 Å². The summed E-state index contributed by atoms with van der Waals surface area (Å²) in [4.78, 5) is 42.5. The van der Waals surface area contributed by atoms with Gasteiger partial charge in [0.05, 0.1) is 22.3 Å². The summed E-state index contributed by atoms with van der Waals surface area (Å²) in [6, 6.07) is 0.586. The lowest BCUT2D eigenvalue weighted by atomic mass is 10.1. The Balaban J connectivity index is 1.83. The van der Waals surface area contributed by atoms with Crippen LogP contribution >= 0.6 is 0 Å².